The Kier molecular flexibility index (Phi) is 3.69. The molecule has 3 nitrogen and oxygen atoms in total. The van der Waals surface area contributed by atoms with Crippen LogP contribution in [-0.2, 0) is 12.8 Å². The highest BCUT2D eigenvalue weighted by Crippen LogP contribution is 2.54. The van der Waals surface area contributed by atoms with Gasteiger partial charge in [0.05, 0.1) is 12.5 Å². The van der Waals surface area contributed by atoms with E-state index < -0.39 is 0 Å². The molecule has 2 aliphatic rings. The summed E-state index contributed by atoms with van der Waals surface area (Å²) in [6.07, 6.45) is 4.84. The molecule has 4 rings (SSSR count). The molecule has 0 saturated heterocycles. The Labute approximate surface area is 142 Å². The third-order valence-electron chi connectivity index (χ3n) is 5.86. The lowest BCUT2D eigenvalue weighted by Gasteiger charge is -2.37. The second-order valence-corrected chi connectivity index (χ2v) is 7.11. The second kappa shape index (κ2) is 5.87. The van der Waals surface area contributed by atoms with Crippen LogP contribution in [0, 0.1) is 17.2 Å². The molecule has 0 amide bonds. The van der Waals surface area contributed by atoms with E-state index in [2.05, 4.69) is 6.07 Å². The van der Waals surface area contributed by atoms with E-state index in [0.717, 1.165) is 18.4 Å². The minimum Gasteiger partial charge on any atom is -0.508 e. The van der Waals surface area contributed by atoms with Gasteiger partial charge in [-0.2, -0.15) is 5.26 Å². The quantitative estimate of drug-likeness (QED) is 0.863. The van der Waals surface area contributed by atoms with E-state index in [1.165, 1.54) is 29.5 Å². The van der Waals surface area contributed by atoms with Crippen molar-refractivity contribution in [2.45, 2.75) is 43.9 Å². The SMILES string of the molecule is N#CCc1cc(O)cc2c1CC(c1ccc(O)cc1)C1CCCC21. The number of phenols is 2. The average molecular weight is 319 g/mol. The summed E-state index contributed by atoms with van der Waals surface area (Å²) in [5.74, 6) is 2.06. The normalized spacial score (nSPS) is 24.9. The summed E-state index contributed by atoms with van der Waals surface area (Å²) >= 11 is 0. The largest absolute Gasteiger partial charge is 0.508 e. The molecule has 0 aromatic heterocycles. The highest BCUT2D eigenvalue weighted by molar-refractivity contribution is 5.49. The fraction of sp³-hybridized carbons (Fsp3) is 0.381. The number of aromatic hydroxyl groups is 2. The van der Waals surface area contributed by atoms with Gasteiger partial charge >= 0.3 is 0 Å². The van der Waals surface area contributed by atoms with Crippen LogP contribution in [0.5, 0.6) is 11.5 Å². The van der Waals surface area contributed by atoms with Crippen LogP contribution in [0.1, 0.15) is 53.4 Å². The monoisotopic (exact) mass is 319 g/mol. The molecule has 0 radical (unpaired) electrons. The molecule has 1 fully saturated rings. The fourth-order valence-electron chi connectivity index (χ4n) is 4.88. The lowest BCUT2D eigenvalue weighted by molar-refractivity contribution is 0.361. The van der Waals surface area contributed by atoms with Crippen molar-refractivity contribution in [3.05, 3.63) is 58.7 Å². The van der Waals surface area contributed by atoms with Gasteiger partial charge in [-0.3, -0.25) is 0 Å². The fourth-order valence-corrected chi connectivity index (χ4v) is 4.88. The number of hydrogen-bond donors (Lipinski definition) is 2. The maximum atomic E-state index is 10.1. The minimum absolute atomic E-state index is 0.285. The van der Waals surface area contributed by atoms with Crippen LogP contribution < -0.4 is 0 Å². The summed E-state index contributed by atoms with van der Waals surface area (Å²) < 4.78 is 0. The van der Waals surface area contributed by atoms with Gasteiger partial charge in [0.2, 0.25) is 0 Å². The number of fused-ring (bicyclic) bond motifs is 3. The molecule has 2 aromatic rings. The number of nitriles is 1. The van der Waals surface area contributed by atoms with Crippen LogP contribution in [0.15, 0.2) is 36.4 Å². The Balaban J connectivity index is 1.82. The van der Waals surface area contributed by atoms with Gasteiger partial charge in [0.25, 0.3) is 0 Å². The highest BCUT2D eigenvalue weighted by atomic mass is 16.3. The molecule has 3 heteroatoms. The third-order valence-corrected chi connectivity index (χ3v) is 5.86. The zero-order valence-electron chi connectivity index (χ0n) is 13.6. The zero-order valence-corrected chi connectivity index (χ0v) is 13.6. The van der Waals surface area contributed by atoms with Crippen molar-refractivity contribution < 1.29 is 10.2 Å². The van der Waals surface area contributed by atoms with Gasteiger partial charge in [0.15, 0.2) is 0 Å². The van der Waals surface area contributed by atoms with Gasteiger partial charge < -0.3 is 10.2 Å². The Bertz CT molecular complexity index is 804. The molecule has 2 aliphatic carbocycles. The molecule has 0 aliphatic heterocycles. The first kappa shape index (κ1) is 15.1. The van der Waals surface area contributed by atoms with E-state index in [1.54, 1.807) is 18.2 Å². The molecule has 1 saturated carbocycles. The Hall–Kier alpha value is -2.47. The van der Waals surface area contributed by atoms with Crippen LogP contribution in [-0.4, -0.2) is 10.2 Å². The molecule has 2 aromatic carbocycles. The summed E-state index contributed by atoms with van der Waals surface area (Å²) in [7, 11) is 0. The predicted molar refractivity (Wildman–Crippen MR) is 92.1 cm³/mol. The molecule has 0 bridgehead atoms. The smallest absolute Gasteiger partial charge is 0.116 e. The molecule has 2 N–H and O–H groups in total. The second-order valence-electron chi connectivity index (χ2n) is 7.11. The maximum Gasteiger partial charge on any atom is 0.116 e. The van der Waals surface area contributed by atoms with Gasteiger partial charge in [-0.25, -0.2) is 0 Å². The molecule has 24 heavy (non-hydrogen) atoms. The van der Waals surface area contributed by atoms with Gasteiger partial charge in [0, 0.05) is 0 Å². The van der Waals surface area contributed by atoms with E-state index in [0.29, 0.717) is 29.9 Å². The third kappa shape index (κ3) is 2.43. The maximum absolute atomic E-state index is 10.1. The van der Waals surface area contributed by atoms with Gasteiger partial charge in [-0.1, -0.05) is 18.6 Å². The topological polar surface area (TPSA) is 64.2 Å². The minimum atomic E-state index is 0.285. The van der Waals surface area contributed by atoms with Crippen molar-refractivity contribution in [1.82, 2.24) is 0 Å². The first-order valence-electron chi connectivity index (χ1n) is 8.68. The van der Waals surface area contributed by atoms with E-state index in [-0.39, 0.29) is 5.75 Å². The van der Waals surface area contributed by atoms with E-state index in [4.69, 9.17) is 5.26 Å². The molecular formula is C21H21NO2. The first-order valence-corrected chi connectivity index (χ1v) is 8.68. The van der Waals surface area contributed by atoms with Gasteiger partial charge in [0.1, 0.15) is 11.5 Å². The number of hydrogen-bond acceptors (Lipinski definition) is 3. The van der Waals surface area contributed by atoms with Crippen molar-refractivity contribution in [2.75, 3.05) is 0 Å². The Morgan fingerprint density at radius 2 is 1.79 bits per heavy atom. The van der Waals surface area contributed by atoms with Gasteiger partial charge in [-0.15, -0.1) is 0 Å². The predicted octanol–water partition coefficient (Wildman–Crippen LogP) is 4.39. The average Bonchev–Trinajstić information content (AvgIpc) is 3.05. The van der Waals surface area contributed by atoms with Crippen LogP contribution in [0.4, 0.5) is 0 Å². The standard InChI is InChI=1S/C21H21NO2/c22-9-8-14-10-16(24)11-21-18-3-1-2-17(18)19(12-20(14)21)13-4-6-15(23)7-5-13/h4-7,10-11,17-19,23-24H,1-3,8,12H2. The molecule has 3 atom stereocenters. The number of phenolic OH excluding ortho intramolecular Hbond substituents is 2. The van der Waals surface area contributed by atoms with E-state index in [9.17, 15) is 10.2 Å². The summed E-state index contributed by atoms with van der Waals surface area (Å²) in [4.78, 5) is 0. The lowest BCUT2D eigenvalue weighted by Crippen LogP contribution is -2.26. The van der Waals surface area contributed by atoms with E-state index >= 15 is 0 Å². The lowest BCUT2D eigenvalue weighted by atomic mass is 9.67. The molecular weight excluding hydrogens is 298 g/mol. The van der Waals surface area contributed by atoms with Crippen LogP contribution in [0.25, 0.3) is 0 Å². The van der Waals surface area contributed by atoms with Crippen molar-refractivity contribution in [2.24, 2.45) is 5.92 Å². The van der Waals surface area contributed by atoms with Crippen molar-refractivity contribution in [3.63, 3.8) is 0 Å². The van der Waals surface area contributed by atoms with Crippen LogP contribution in [0.3, 0.4) is 0 Å². The summed E-state index contributed by atoms with van der Waals surface area (Å²) in [5.41, 5.74) is 4.77. The van der Waals surface area contributed by atoms with Crippen molar-refractivity contribution in [3.8, 4) is 17.6 Å². The Morgan fingerprint density at radius 1 is 1.00 bits per heavy atom. The van der Waals surface area contributed by atoms with Crippen molar-refractivity contribution >= 4 is 0 Å². The highest BCUT2D eigenvalue weighted by Gasteiger charge is 2.41. The summed E-state index contributed by atoms with van der Waals surface area (Å²) in [6.45, 7) is 0. The summed E-state index contributed by atoms with van der Waals surface area (Å²) in [6, 6.07) is 13.5. The summed E-state index contributed by atoms with van der Waals surface area (Å²) in [5, 5.41) is 28.8. The number of rotatable bonds is 2. The molecule has 3 unspecified atom stereocenters. The van der Waals surface area contributed by atoms with Crippen LogP contribution >= 0.6 is 0 Å². The molecule has 0 spiro atoms. The van der Waals surface area contributed by atoms with Crippen molar-refractivity contribution in [1.29, 1.82) is 5.26 Å². The van der Waals surface area contributed by atoms with Crippen LogP contribution in [0.2, 0.25) is 0 Å². The molecule has 0 heterocycles. The van der Waals surface area contributed by atoms with Gasteiger partial charge in [-0.05, 0) is 83.5 Å². The zero-order chi connectivity index (χ0) is 16.7. The number of benzene rings is 2. The molecule has 122 valence electrons. The first-order chi connectivity index (χ1) is 11.7. The Morgan fingerprint density at radius 3 is 2.54 bits per heavy atom. The van der Waals surface area contributed by atoms with E-state index in [1.807, 2.05) is 18.2 Å². The number of nitrogens with zero attached hydrogens (tertiary/aromatic N) is 1.